The van der Waals surface area contributed by atoms with E-state index in [0.717, 1.165) is 17.9 Å². The van der Waals surface area contributed by atoms with Crippen molar-refractivity contribution in [3.8, 4) is 5.75 Å². The summed E-state index contributed by atoms with van der Waals surface area (Å²) in [6.07, 6.45) is 6.84. The summed E-state index contributed by atoms with van der Waals surface area (Å²) in [5.74, 6) is 0.904. The average molecular weight is 476 g/mol. The van der Waals surface area contributed by atoms with Gasteiger partial charge in [-0.2, -0.15) is 0 Å². The van der Waals surface area contributed by atoms with Crippen LogP contribution in [-0.4, -0.2) is 72.5 Å². The Morgan fingerprint density at radius 3 is 2.37 bits per heavy atom. The van der Waals surface area contributed by atoms with Crippen LogP contribution in [0.15, 0.2) is 61.2 Å². The summed E-state index contributed by atoms with van der Waals surface area (Å²) in [4.78, 5) is 19.6. The largest absolute Gasteiger partial charge is 0.497 e. The van der Waals surface area contributed by atoms with Crippen molar-refractivity contribution in [1.29, 1.82) is 0 Å². The van der Waals surface area contributed by atoms with Crippen molar-refractivity contribution in [1.82, 2.24) is 14.7 Å². The van der Waals surface area contributed by atoms with Crippen molar-refractivity contribution >= 4 is 5.91 Å². The van der Waals surface area contributed by atoms with Gasteiger partial charge < -0.3 is 9.64 Å². The van der Waals surface area contributed by atoms with Gasteiger partial charge in [-0.3, -0.25) is 14.6 Å². The number of ether oxygens (including phenoxy) is 1. The van der Waals surface area contributed by atoms with Crippen LogP contribution in [0.5, 0.6) is 5.75 Å². The molecule has 2 aliphatic rings. The van der Waals surface area contributed by atoms with Crippen molar-refractivity contribution < 1.29 is 9.53 Å². The highest BCUT2D eigenvalue weighted by molar-refractivity contribution is 5.93. The molecule has 2 fully saturated rings. The second-order valence-corrected chi connectivity index (χ2v) is 10.4. The van der Waals surface area contributed by atoms with Crippen molar-refractivity contribution in [2.45, 2.75) is 69.7 Å². The van der Waals surface area contributed by atoms with Crippen molar-refractivity contribution in [2.75, 3.05) is 27.7 Å². The van der Waals surface area contributed by atoms with Gasteiger partial charge in [0.15, 0.2) is 0 Å². The number of carbonyl (C=O) groups is 1. The molecule has 0 saturated carbocycles. The highest BCUT2D eigenvalue weighted by atomic mass is 16.5. The van der Waals surface area contributed by atoms with E-state index >= 15 is 0 Å². The maximum Gasteiger partial charge on any atom is 0.253 e. The molecule has 1 amide bonds. The maximum atomic E-state index is 12.5. The minimum Gasteiger partial charge on any atom is -0.497 e. The predicted octanol–water partition coefficient (Wildman–Crippen LogP) is 5.38. The Balaban J connectivity index is 1.78. The van der Waals surface area contributed by atoms with Crippen LogP contribution in [0.2, 0.25) is 0 Å². The third-order valence-corrected chi connectivity index (χ3v) is 8.02. The summed E-state index contributed by atoms with van der Waals surface area (Å²) >= 11 is 0. The van der Waals surface area contributed by atoms with Crippen LogP contribution in [-0.2, 0) is 0 Å². The fraction of sp³-hybridized carbons (Fsp3) is 0.500. The first-order valence-electron chi connectivity index (χ1n) is 12.9. The highest BCUT2D eigenvalue weighted by Gasteiger charge is 2.45. The fourth-order valence-electron chi connectivity index (χ4n) is 6.24. The van der Waals surface area contributed by atoms with Gasteiger partial charge in [0.1, 0.15) is 5.75 Å². The van der Waals surface area contributed by atoms with Gasteiger partial charge in [0.25, 0.3) is 5.91 Å². The number of methoxy groups -OCH3 is 1. The minimum atomic E-state index is 0.0298. The molecule has 0 aromatic heterocycles. The van der Waals surface area contributed by atoms with Crippen molar-refractivity contribution in [3.63, 3.8) is 0 Å². The van der Waals surface area contributed by atoms with Gasteiger partial charge >= 0.3 is 0 Å². The first-order chi connectivity index (χ1) is 16.8. The molecule has 2 aromatic carbocycles. The third-order valence-electron chi connectivity index (χ3n) is 8.02. The molecule has 35 heavy (non-hydrogen) atoms. The normalized spacial score (nSPS) is 26.0. The number of likely N-dealkylation sites (tertiary alicyclic amines) is 2. The quantitative estimate of drug-likeness (QED) is 0.504. The molecule has 0 radical (unpaired) electrons. The zero-order valence-corrected chi connectivity index (χ0v) is 22.0. The molecule has 188 valence electrons. The molecule has 2 saturated heterocycles. The third kappa shape index (κ3) is 5.17. The number of nitrogens with zero attached hydrogens (tertiary/aromatic N) is 3. The lowest BCUT2D eigenvalue weighted by Crippen LogP contribution is -2.63. The number of benzene rings is 2. The second-order valence-electron chi connectivity index (χ2n) is 10.4. The molecule has 5 atom stereocenters. The van der Waals surface area contributed by atoms with E-state index in [4.69, 9.17) is 4.74 Å². The highest BCUT2D eigenvalue weighted by Crippen LogP contribution is 2.43. The van der Waals surface area contributed by atoms with Gasteiger partial charge in [0.05, 0.1) is 13.2 Å². The molecule has 2 heterocycles. The lowest BCUT2D eigenvalue weighted by atomic mass is 9.79. The number of rotatable bonds is 7. The number of hydrogen-bond acceptors (Lipinski definition) is 4. The minimum absolute atomic E-state index is 0.0298. The SMILES string of the molecule is C=CCN1C(C)CCC2C1CCC(C)N2C(c1ccc(C(=O)N(C)C)cc1)c1cccc(OC)c1. The van der Waals surface area contributed by atoms with E-state index in [9.17, 15) is 4.79 Å². The summed E-state index contributed by atoms with van der Waals surface area (Å²) in [5, 5.41) is 0. The number of amides is 1. The standard InChI is InChI=1S/C30H41N3O2/c1-7-19-32-21(2)11-18-28-27(32)17-12-22(3)33(28)29(25-9-8-10-26(20-25)35-6)23-13-15-24(16-14-23)30(34)31(4)5/h7-10,13-16,20-22,27-29H,1,11-12,17-19H2,2-6H3. The van der Waals surface area contributed by atoms with Gasteiger partial charge in [0.2, 0.25) is 0 Å². The predicted molar refractivity (Wildman–Crippen MR) is 143 cm³/mol. The first kappa shape index (κ1) is 25.5. The topological polar surface area (TPSA) is 36.0 Å². The molecular weight excluding hydrogens is 434 g/mol. The summed E-state index contributed by atoms with van der Waals surface area (Å²) in [6.45, 7) is 9.73. The van der Waals surface area contributed by atoms with E-state index in [2.05, 4.69) is 66.6 Å². The Hall–Kier alpha value is -2.63. The Morgan fingerprint density at radius 1 is 1.03 bits per heavy atom. The van der Waals surface area contributed by atoms with E-state index in [0.29, 0.717) is 24.2 Å². The smallest absolute Gasteiger partial charge is 0.253 e. The van der Waals surface area contributed by atoms with E-state index in [-0.39, 0.29) is 11.9 Å². The van der Waals surface area contributed by atoms with E-state index < -0.39 is 0 Å². The summed E-state index contributed by atoms with van der Waals surface area (Å²) in [6, 6.07) is 18.8. The van der Waals surface area contributed by atoms with Crippen LogP contribution >= 0.6 is 0 Å². The van der Waals surface area contributed by atoms with Crippen LogP contribution < -0.4 is 4.74 Å². The lowest BCUT2D eigenvalue weighted by molar-refractivity contribution is -0.0499. The molecule has 0 aliphatic carbocycles. The van der Waals surface area contributed by atoms with Crippen molar-refractivity contribution in [3.05, 3.63) is 77.9 Å². The molecule has 5 heteroatoms. The van der Waals surface area contributed by atoms with Crippen LogP contribution in [0, 0.1) is 0 Å². The van der Waals surface area contributed by atoms with E-state index in [1.807, 2.05) is 18.2 Å². The zero-order chi connectivity index (χ0) is 25.1. The fourth-order valence-corrected chi connectivity index (χ4v) is 6.24. The van der Waals surface area contributed by atoms with Crippen LogP contribution in [0.1, 0.15) is 67.1 Å². The number of hydrogen-bond donors (Lipinski definition) is 0. The average Bonchev–Trinajstić information content (AvgIpc) is 2.87. The molecular formula is C30H41N3O2. The second kappa shape index (κ2) is 11.0. The summed E-state index contributed by atoms with van der Waals surface area (Å²) < 4.78 is 5.61. The molecule has 0 bridgehead atoms. The molecule has 4 rings (SSSR count). The Morgan fingerprint density at radius 2 is 1.71 bits per heavy atom. The maximum absolute atomic E-state index is 12.5. The Bertz CT molecular complexity index is 1020. The zero-order valence-electron chi connectivity index (χ0n) is 22.0. The van der Waals surface area contributed by atoms with E-state index in [1.54, 1.807) is 26.1 Å². The molecule has 5 nitrogen and oxygen atoms in total. The van der Waals surface area contributed by atoms with Gasteiger partial charge in [-0.25, -0.2) is 0 Å². The number of carbonyl (C=O) groups excluding carboxylic acids is 1. The van der Waals surface area contributed by atoms with Gasteiger partial charge in [-0.1, -0.05) is 30.3 Å². The molecule has 5 unspecified atom stereocenters. The van der Waals surface area contributed by atoms with Gasteiger partial charge in [-0.15, -0.1) is 6.58 Å². The molecule has 2 aliphatic heterocycles. The van der Waals surface area contributed by atoms with Crippen LogP contribution in [0.4, 0.5) is 0 Å². The first-order valence-corrected chi connectivity index (χ1v) is 12.9. The summed E-state index contributed by atoms with van der Waals surface area (Å²) in [5.41, 5.74) is 3.17. The summed E-state index contributed by atoms with van der Waals surface area (Å²) in [7, 11) is 5.32. The molecule has 0 spiro atoms. The van der Waals surface area contributed by atoms with Crippen LogP contribution in [0.3, 0.4) is 0 Å². The molecule has 2 aromatic rings. The van der Waals surface area contributed by atoms with Crippen molar-refractivity contribution in [2.24, 2.45) is 0 Å². The van der Waals surface area contributed by atoms with Gasteiger partial charge in [0, 0.05) is 50.4 Å². The lowest BCUT2D eigenvalue weighted by Gasteiger charge is -2.56. The Labute approximate surface area is 211 Å². The van der Waals surface area contributed by atoms with E-state index in [1.165, 1.54) is 36.8 Å². The number of fused-ring (bicyclic) bond motifs is 1. The Kier molecular flexibility index (Phi) is 7.98. The number of piperidine rings is 2. The molecule has 0 N–H and O–H groups in total. The van der Waals surface area contributed by atoms with Crippen LogP contribution in [0.25, 0.3) is 0 Å². The van der Waals surface area contributed by atoms with Gasteiger partial charge in [-0.05, 0) is 74.9 Å². The monoisotopic (exact) mass is 475 g/mol.